The molecule has 6 nitrogen and oxygen atoms in total. The van der Waals surface area contributed by atoms with Gasteiger partial charge in [-0.3, -0.25) is 14.2 Å². The van der Waals surface area contributed by atoms with Crippen molar-refractivity contribution in [3.63, 3.8) is 0 Å². The Balaban J connectivity index is 1.54. The van der Waals surface area contributed by atoms with Gasteiger partial charge >= 0.3 is 0 Å². The van der Waals surface area contributed by atoms with Crippen LogP contribution in [-0.4, -0.2) is 33.0 Å². The molecular formula is C25H23ClN4O2. The summed E-state index contributed by atoms with van der Waals surface area (Å²) in [6.07, 6.45) is 4.15. The second kappa shape index (κ2) is 8.36. The number of nitrogens with one attached hydrogen (secondary N) is 1. The lowest BCUT2D eigenvalue weighted by molar-refractivity contribution is -0.126. The van der Waals surface area contributed by atoms with Crippen molar-refractivity contribution in [1.29, 1.82) is 0 Å². The van der Waals surface area contributed by atoms with Crippen LogP contribution in [0.1, 0.15) is 48.0 Å². The Morgan fingerprint density at radius 2 is 1.84 bits per heavy atom. The van der Waals surface area contributed by atoms with Gasteiger partial charge in [0, 0.05) is 28.8 Å². The smallest absolute Gasteiger partial charge is 0.223 e. The van der Waals surface area contributed by atoms with Crippen LogP contribution in [0.2, 0.25) is 5.02 Å². The maximum absolute atomic E-state index is 12.8. The standard InChI is InChI=1S/C25H23ClN4O2/c1-15-28-29-24-18(12-20(31)14-27-25(32)17-6-7-17)13-22(16-8-10-19(26)11-9-16)21-4-2-3-5-23(21)30(15)24/h2-5,8-11,13,17-18H,6-7,12,14H2,1H3,(H,27,32). The topological polar surface area (TPSA) is 76.9 Å². The number of aryl methyl sites for hydroxylation is 1. The number of hydrogen-bond donors (Lipinski definition) is 1. The molecule has 0 saturated heterocycles. The molecule has 0 spiro atoms. The van der Waals surface area contributed by atoms with Crippen LogP contribution in [0.3, 0.4) is 0 Å². The van der Waals surface area contributed by atoms with Gasteiger partial charge in [-0.2, -0.15) is 0 Å². The molecule has 2 aliphatic rings. The van der Waals surface area contributed by atoms with Crippen LogP contribution in [0.4, 0.5) is 0 Å². The molecule has 1 aromatic heterocycles. The van der Waals surface area contributed by atoms with Crippen LogP contribution in [0.25, 0.3) is 11.3 Å². The number of carbonyl (C=O) groups excluding carboxylic acids is 2. The van der Waals surface area contributed by atoms with Crippen molar-refractivity contribution in [2.24, 2.45) is 5.92 Å². The van der Waals surface area contributed by atoms with E-state index in [2.05, 4.69) is 27.7 Å². The summed E-state index contributed by atoms with van der Waals surface area (Å²) in [4.78, 5) is 24.8. The van der Waals surface area contributed by atoms with Gasteiger partial charge in [0.15, 0.2) is 5.78 Å². The second-order valence-corrected chi connectivity index (χ2v) is 8.82. The van der Waals surface area contributed by atoms with Gasteiger partial charge in [0.1, 0.15) is 11.6 Å². The summed E-state index contributed by atoms with van der Waals surface area (Å²) in [6, 6.07) is 15.8. The SMILES string of the molecule is Cc1nnc2n1-c1ccccc1C(c1ccc(Cl)cc1)=CC2CC(=O)CNC(=O)C1CC1. The average molecular weight is 447 g/mol. The molecule has 2 aromatic carbocycles. The van der Waals surface area contributed by atoms with Crippen molar-refractivity contribution in [2.45, 2.75) is 32.1 Å². The fourth-order valence-electron chi connectivity index (χ4n) is 4.20. The maximum Gasteiger partial charge on any atom is 0.223 e. The molecule has 3 aromatic rings. The summed E-state index contributed by atoms with van der Waals surface area (Å²) >= 11 is 6.12. The number of nitrogens with zero attached hydrogens (tertiary/aromatic N) is 3. The molecule has 32 heavy (non-hydrogen) atoms. The summed E-state index contributed by atoms with van der Waals surface area (Å²) < 4.78 is 2.02. The van der Waals surface area contributed by atoms with E-state index in [4.69, 9.17) is 11.6 Å². The molecule has 5 rings (SSSR count). The Morgan fingerprint density at radius 3 is 2.59 bits per heavy atom. The van der Waals surface area contributed by atoms with Gasteiger partial charge in [0.05, 0.1) is 12.2 Å². The number of carbonyl (C=O) groups is 2. The summed E-state index contributed by atoms with van der Waals surface area (Å²) in [5, 5.41) is 12.2. The first kappa shape index (κ1) is 20.6. The molecule has 1 aliphatic carbocycles. The minimum absolute atomic E-state index is 0.0250. The van der Waals surface area contributed by atoms with E-state index in [0.29, 0.717) is 5.02 Å². The van der Waals surface area contributed by atoms with Gasteiger partial charge in [-0.25, -0.2) is 0 Å². The van der Waals surface area contributed by atoms with Crippen molar-refractivity contribution < 1.29 is 9.59 Å². The number of para-hydroxylation sites is 1. The first-order valence-corrected chi connectivity index (χ1v) is 11.2. The molecule has 0 bridgehead atoms. The van der Waals surface area contributed by atoms with Crippen molar-refractivity contribution in [3.8, 4) is 5.69 Å². The maximum atomic E-state index is 12.8. The van der Waals surface area contributed by atoms with Crippen molar-refractivity contribution in [1.82, 2.24) is 20.1 Å². The fraction of sp³-hybridized carbons (Fsp3) is 0.280. The van der Waals surface area contributed by atoms with E-state index in [1.54, 1.807) is 0 Å². The molecule has 0 radical (unpaired) electrons. The second-order valence-electron chi connectivity index (χ2n) is 8.39. The lowest BCUT2D eigenvalue weighted by Crippen LogP contribution is -2.31. The molecule has 2 heterocycles. The zero-order valence-electron chi connectivity index (χ0n) is 17.7. The zero-order chi connectivity index (χ0) is 22.2. The third-order valence-electron chi connectivity index (χ3n) is 6.00. The summed E-state index contributed by atoms with van der Waals surface area (Å²) in [5.74, 6) is 1.23. The van der Waals surface area contributed by atoms with E-state index in [-0.39, 0.29) is 36.5 Å². The van der Waals surface area contributed by atoms with Crippen molar-refractivity contribution in [2.75, 3.05) is 6.54 Å². The lowest BCUT2D eigenvalue weighted by Gasteiger charge is -2.13. The van der Waals surface area contributed by atoms with E-state index < -0.39 is 0 Å². The molecule has 1 atom stereocenters. The Morgan fingerprint density at radius 1 is 1.09 bits per heavy atom. The minimum Gasteiger partial charge on any atom is -0.349 e. The molecule has 1 unspecified atom stereocenters. The molecule has 1 fully saturated rings. The number of allylic oxidation sites excluding steroid dienone is 1. The number of halogens is 1. The van der Waals surface area contributed by atoms with Crippen molar-refractivity contribution >= 4 is 28.9 Å². The monoisotopic (exact) mass is 446 g/mol. The van der Waals surface area contributed by atoms with Crippen LogP contribution in [0.5, 0.6) is 0 Å². The summed E-state index contributed by atoms with van der Waals surface area (Å²) in [5.41, 5.74) is 4.04. The van der Waals surface area contributed by atoms with Gasteiger partial charge in [0.2, 0.25) is 5.91 Å². The highest BCUT2D eigenvalue weighted by Gasteiger charge is 2.31. The normalized spacial score (nSPS) is 17.1. The van der Waals surface area contributed by atoms with Crippen LogP contribution >= 0.6 is 11.6 Å². The Hall–Kier alpha value is -3.25. The van der Waals surface area contributed by atoms with Gasteiger partial charge < -0.3 is 5.32 Å². The third-order valence-corrected chi connectivity index (χ3v) is 6.25. The number of rotatable bonds is 6. The number of ketones is 1. The molecule has 1 aliphatic heterocycles. The first-order valence-electron chi connectivity index (χ1n) is 10.8. The van der Waals surface area contributed by atoms with Crippen molar-refractivity contribution in [3.05, 3.63) is 82.4 Å². The fourth-order valence-corrected chi connectivity index (χ4v) is 4.33. The molecule has 1 saturated carbocycles. The third kappa shape index (κ3) is 3.98. The number of benzene rings is 2. The summed E-state index contributed by atoms with van der Waals surface area (Å²) in [7, 11) is 0. The number of fused-ring (bicyclic) bond motifs is 3. The Labute approximate surface area is 191 Å². The van der Waals surface area contributed by atoms with E-state index in [9.17, 15) is 9.59 Å². The highest BCUT2D eigenvalue weighted by molar-refractivity contribution is 6.30. The van der Waals surface area contributed by atoms with Gasteiger partial charge in [-0.15, -0.1) is 10.2 Å². The zero-order valence-corrected chi connectivity index (χ0v) is 18.5. The lowest BCUT2D eigenvalue weighted by atomic mass is 9.92. The minimum atomic E-state index is -0.278. The van der Waals surface area contributed by atoms with E-state index in [1.807, 2.05) is 54.0 Å². The molecule has 1 N–H and O–H groups in total. The van der Waals surface area contributed by atoms with Crippen LogP contribution < -0.4 is 5.32 Å². The van der Waals surface area contributed by atoms with Gasteiger partial charge in [-0.1, -0.05) is 48.0 Å². The predicted molar refractivity (Wildman–Crippen MR) is 123 cm³/mol. The number of Topliss-reactive ketones (excluding diaryl/α,β-unsaturated/α-hetero) is 1. The van der Waals surface area contributed by atoms with Crippen LogP contribution in [-0.2, 0) is 9.59 Å². The summed E-state index contributed by atoms with van der Waals surface area (Å²) in [6.45, 7) is 1.95. The Kier molecular flexibility index (Phi) is 5.39. The highest BCUT2D eigenvalue weighted by atomic mass is 35.5. The van der Waals surface area contributed by atoms with Crippen LogP contribution in [0.15, 0.2) is 54.6 Å². The average Bonchev–Trinajstić information content (AvgIpc) is 3.59. The first-order chi connectivity index (χ1) is 15.5. The van der Waals surface area contributed by atoms with E-state index in [1.165, 1.54) is 0 Å². The Bertz CT molecular complexity index is 1220. The number of hydrogen-bond acceptors (Lipinski definition) is 4. The highest BCUT2D eigenvalue weighted by Crippen LogP contribution is 2.38. The quantitative estimate of drug-likeness (QED) is 0.614. The van der Waals surface area contributed by atoms with Gasteiger partial charge in [0.25, 0.3) is 0 Å². The number of aromatic nitrogens is 3. The number of amides is 1. The molecule has 1 amide bonds. The molecule has 7 heteroatoms. The van der Waals surface area contributed by atoms with E-state index in [0.717, 1.165) is 46.9 Å². The molecule has 162 valence electrons. The largest absolute Gasteiger partial charge is 0.349 e. The molecular weight excluding hydrogens is 424 g/mol. The van der Waals surface area contributed by atoms with Gasteiger partial charge in [-0.05, 0) is 49.1 Å². The van der Waals surface area contributed by atoms with Crippen LogP contribution in [0, 0.1) is 12.8 Å². The predicted octanol–water partition coefficient (Wildman–Crippen LogP) is 4.24. The van der Waals surface area contributed by atoms with E-state index >= 15 is 0 Å².